The predicted molar refractivity (Wildman–Crippen MR) is 70.6 cm³/mol. The second-order valence-electron chi connectivity index (χ2n) is 3.86. The predicted octanol–water partition coefficient (Wildman–Crippen LogP) is 2.95. The Labute approximate surface area is 106 Å². The van der Waals surface area contributed by atoms with E-state index in [9.17, 15) is 4.79 Å². The van der Waals surface area contributed by atoms with E-state index >= 15 is 0 Å². The van der Waals surface area contributed by atoms with E-state index in [1.165, 1.54) is 5.56 Å². The van der Waals surface area contributed by atoms with E-state index in [0.29, 0.717) is 0 Å². The number of nitrogens with one attached hydrogen (secondary N) is 1. The highest BCUT2D eigenvalue weighted by Crippen LogP contribution is 2.10. The van der Waals surface area contributed by atoms with Crippen molar-refractivity contribution in [3.63, 3.8) is 0 Å². The number of hydrogen-bond donors (Lipinski definition) is 1. The molecule has 0 aromatic heterocycles. The number of hydrogen-bond acceptors (Lipinski definition) is 2. The zero-order chi connectivity index (χ0) is 11.8. The average molecular weight is 284 g/mol. The Morgan fingerprint density at radius 3 is 2.62 bits per heavy atom. The minimum absolute atomic E-state index is 0.0143. The van der Waals surface area contributed by atoms with Crippen LogP contribution in [0, 0.1) is 0 Å². The number of halogens is 1. The lowest BCUT2D eigenvalue weighted by molar-refractivity contribution is -0.109. The van der Waals surface area contributed by atoms with Gasteiger partial charge in [-0.15, -0.1) is 0 Å². The molecule has 1 N–H and O–H groups in total. The van der Waals surface area contributed by atoms with Crippen LogP contribution in [0.2, 0.25) is 0 Å². The summed E-state index contributed by atoms with van der Waals surface area (Å²) in [7, 11) is 0. The van der Waals surface area contributed by atoms with Crippen molar-refractivity contribution in [2.75, 3.05) is 6.54 Å². The first-order chi connectivity index (χ1) is 7.76. The molecular formula is C13H18BrNO. The van der Waals surface area contributed by atoms with Gasteiger partial charge in [-0.2, -0.15) is 0 Å². The lowest BCUT2D eigenvalue weighted by Gasteiger charge is -2.11. The van der Waals surface area contributed by atoms with Crippen LogP contribution < -0.4 is 5.32 Å². The number of benzene rings is 1. The van der Waals surface area contributed by atoms with Crippen LogP contribution in [0.3, 0.4) is 0 Å². The maximum atomic E-state index is 10.7. The van der Waals surface area contributed by atoms with Crippen molar-refractivity contribution in [3.8, 4) is 0 Å². The second-order valence-corrected chi connectivity index (χ2v) is 4.78. The molecule has 0 aliphatic carbocycles. The fraction of sp³-hybridized carbons (Fsp3) is 0.462. The molecule has 0 aliphatic heterocycles. The summed E-state index contributed by atoms with van der Waals surface area (Å²) in [6.07, 6.45) is 3.92. The van der Waals surface area contributed by atoms with Crippen molar-refractivity contribution in [2.24, 2.45) is 0 Å². The van der Waals surface area contributed by atoms with Gasteiger partial charge >= 0.3 is 0 Å². The highest BCUT2D eigenvalue weighted by molar-refractivity contribution is 9.10. The Balaban J connectivity index is 2.29. The first-order valence-electron chi connectivity index (χ1n) is 5.69. The summed E-state index contributed by atoms with van der Waals surface area (Å²) in [5.74, 6) is 0. The van der Waals surface area contributed by atoms with Gasteiger partial charge in [-0.05, 0) is 37.1 Å². The minimum Gasteiger partial charge on any atom is -0.307 e. The third-order valence-electron chi connectivity index (χ3n) is 2.50. The van der Waals surface area contributed by atoms with Gasteiger partial charge in [-0.3, -0.25) is 0 Å². The van der Waals surface area contributed by atoms with Crippen molar-refractivity contribution in [1.29, 1.82) is 0 Å². The SMILES string of the molecule is CCCC(C=O)NCCc1ccc(Br)cc1. The van der Waals surface area contributed by atoms with E-state index in [1.807, 2.05) is 12.1 Å². The Bertz CT molecular complexity index is 310. The van der Waals surface area contributed by atoms with Gasteiger partial charge in [0.05, 0.1) is 6.04 Å². The molecule has 0 amide bonds. The molecule has 0 saturated carbocycles. The van der Waals surface area contributed by atoms with E-state index in [0.717, 1.165) is 36.6 Å². The van der Waals surface area contributed by atoms with Crippen molar-refractivity contribution in [2.45, 2.75) is 32.2 Å². The molecule has 3 heteroatoms. The zero-order valence-electron chi connectivity index (χ0n) is 9.58. The van der Waals surface area contributed by atoms with E-state index in [-0.39, 0.29) is 6.04 Å². The number of carbonyl (C=O) groups is 1. The molecule has 0 radical (unpaired) electrons. The van der Waals surface area contributed by atoms with Gasteiger partial charge in [0.15, 0.2) is 0 Å². The Morgan fingerprint density at radius 2 is 2.06 bits per heavy atom. The number of rotatable bonds is 7. The van der Waals surface area contributed by atoms with Crippen LogP contribution in [-0.2, 0) is 11.2 Å². The zero-order valence-corrected chi connectivity index (χ0v) is 11.2. The standard InChI is InChI=1S/C13H18BrNO/c1-2-3-13(10-16)15-9-8-11-4-6-12(14)7-5-11/h4-7,10,13,15H,2-3,8-9H2,1H3. The summed E-state index contributed by atoms with van der Waals surface area (Å²) in [5.41, 5.74) is 1.29. The van der Waals surface area contributed by atoms with Crippen LogP contribution in [0.4, 0.5) is 0 Å². The second kappa shape index (κ2) is 7.58. The largest absolute Gasteiger partial charge is 0.307 e. The summed E-state index contributed by atoms with van der Waals surface area (Å²) in [5, 5.41) is 3.25. The molecule has 1 rings (SSSR count). The maximum Gasteiger partial charge on any atom is 0.136 e. The molecule has 1 aromatic rings. The molecule has 0 heterocycles. The quantitative estimate of drug-likeness (QED) is 0.780. The average Bonchev–Trinajstić information content (AvgIpc) is 2.30. The Kier molecular flexibility index (Phi) is 6.34. The summed E-state index contributed by atoms with van der Waals surface area (Å²) in [4.78, 5) is 10.7. The molecule has 0 bridgehead atoms. The van der Waals surface area contributed by atoms with Crippen LogP contribution in [0.5, 0.6) is 0 Å². The summed E-state index contributed by atoms with van der Waals surface area (Å²) < 4.78 is 1.10. The van der Waals surface area contributed by atoms with E-state index in [2.05, 4.69) is 40.3 Å². The minimum atomic E-state index is 0.0143. The molecular weight excluding hydrogens is 266 g/mol. The van der Waals surface area contributed by atoms with E-state index in [1.54, 1.807) is 0 Å². The lowest BCUT2D eigenvalue weighted by atomic mass is 10.1. The van der Waals surface area contributed by atoms with Crippen molar-refractivity contribution < 1.29 is 4.79 Å². The van der Waals surface area contributed by atoms with Gasteiger partial charge in [0.25, 0.3) is 0 Å². The Morgan fingerprint density at radius 1 is 1.38 bits per heavy atom. The summed E-state index contributed by atoms with van der Waals surface area (Å²) in [6, 6.07) is 8.29. The van der Waals surface area contributed by atoms with Crippen LogP contribution in [0.25, 0.3) is 0 Å². The van der Waals surface area contributed by atoms with Gasteiger partial charge in [-0.25, -0.2) is 0 Å². The molecule has 1 aromatic carbocycles. The molecule has 2 nitrogen and oxygen atoms in total. The van der Waals surface area contributed by atoms with Crippen molar-refractivity contribution >= 4 is 22.2 Å². The van der Waals surface area contributed by atoms with Gasteiger partial charge in [-0.1, -0.05) is 41.4 Å². The van der Waals surface area contributed by atoms with Gasteiger partial charge < -0.3 is 10.1 Å². The van der Waals surface area contributed by atoms with E-state index in [4.69, 9.17) is 0 Å². The molecule has 0 fully saturated rings. The van der Waals surface area contributed by atoms with Gasteiger partial charge in [0.2, 0.25) is 0 Å². The molecule has 88 valence electrons. The summed E-state index contributed by atoms with van der Waals surface area (Å²) >= 11 is 3.41. The molecule has 0 spiro atoms. The fourth-order valence-electron chi connectivity index (χ4n) is 1.58. The third-order valence-corrected chi connectivity index (χ3v) is 3.03. The molecule has 16 heavy (non-hydrogen) atoms. The van der Waals surface area contributed by atoms with Crippen LogP contribution in [0.15, 0.2) is 28.7 Å². The first-order valence-corrected chi connectivity index (χ1v) is 6.48. The highest BCUT2D eigenvalue weighted by Gasteiger charge is 2.03. The van der Waals surface area contributed by atoms with E-state index < -0.39 is 0 Å². The third kappa shape index (κ3) is 4.90. The van der Waals surface area contributed by atoms with Crippen molar-refractivity contribution in [1.82, 2.24) is 5.32 Å². The highest BCUT2D eigenvalue weighted by atomic mass is 79.9. The monoisotopic (exact) mass is 283 g/mol. The van der Waals surface area contributed by atoms with Crippen LogP contribution in [-0.4, -0.2) is 18.9 Å². The molecule has 0 aliphatic rings. The van der Waals surface area contributed by atoms with Crippen LogP contribution in [0.1, 0.15) is 25.3 Å². The van der Waals surface area contributed by atoms with Crippen LogP contribution >= 0.6 is 15.9 Å². The summed E-state index contributed by atoms with van der Waals surface area (Å²) in [6.45, 7) is 2.94. The molecule has 1 unspecified atom stereocenters. The lowest BCUT2D eigenvalue weighted by Crippen LogP contribution is -2.31. The fourth-order valence-corrected chi connectivity index (χ4v) is 1.85. The molecule has 1 atom stereocenters. The number of carbonyl (C=O) groups excluding carboxylic acids is 1. The van der Waals surface area contributed by atoms with Gasteiger partial charge in [0.1, 0.15) is 6.29 Å². The topological polar surface area (TPSA) is 29.1 Å². The van der Waals surface area contributed by atoms with Gasteiger partial charge in [0, 0.05) is 4.47 Å². The molecule has 0 saturated heterocycles. The Hall–Kier alpha value is -0.670. The van der Waals surface area contributed by atoms with Crippen molar-refractivity contribution in [3.05, 3.63) is 34.3 Å². The maximum absolute atomic E-state index is 10.7. The normalized spacial score (nSPS) is 12.4. The first kappa shape index (κ1) is 13.4. The number of aldehydes is 1. The smallest absolute Gasteiger partial charge is 0.136 e.